The van der Waals surface area contributed by atoms with Crippen molar-refractivity contribution in [2.24, 2.45) is 5.73 Å². The van der Waals surface area contributed by atoms with Crippen LogP contribution in [-0.4, -0.2) is 34.4 Å². The molecule has 0 atom stereocenters. The standard InChI is InChI=1S/C12H22F6NP/c1-8(2,3)20(9(4,5)6)7-10(19,11(13,14)15)12(16,17)18/h7,19H2,1-6H3. The normalized spacial score (nSPS) is 15.9. The molecule has 20 heavy (non-hydrogen) atoms. The zero-order chi connectivity index (χ0) is 16.8. The number of rotatable bonds is 2. The summed E-state index contributed by atoms with van der Waals surface area (Å²) in [7, 11) is -1.62. The third-order valence-electron chi connectivity index (χ3n) is 3.04. The quantitative estimate of drug-likeness (QED) is 0.568. The highest BCUT2D eigenvalue weighted by Crippen LogP contribution is 2.63. The Labute approximate surface area is 117 Å². The average Bonchev–Trinajstić information content (AvgIpc) is 2.05. The summed E-state index contributed by atoms with van der Waals surface area (Å²) in [5, 5.41) is -1.34. The van der Waals surface area contributed by atoms with Crippen molar-refractivity contribution in [1.82, 2.24) is 0 Å². The Morgan fingerprint density at radius 1 is 0.700 bits per heavy atom. The lowest BCUT2D eigenvalue weighted by molar-refractivity contribution is -0.288. The molecule has 0 spiro atoms. The smallest absolute Gasteiger partial charge is 0.310 e. The summed E-state index contributed by atoms with van der Waals surface area (Å²) >= 11 is 0. The van der Waals surface area contributed by atoms with Gasteiger partial charge in [0.15, 0.2) is 0 Å². The van der Waals surface area contributed by atoms with Gasteiger partial charge in [-0.2, -0.15) is 26.3 Å². The van der Waals surface area contributed by atoms with E-state index in [1.54, 1.807) is 41.5 Å². The van der Waals surface area contributed by atoms with Crippen LogP contribution in [0, 0.1) is 0 Å². The minimum atomic E-state index is -5.53. The largest absolute Gasteiger partial charge is 0.415 e. The number of hydrogen-bond acceptors (Lipinski definition) is 1. The molecule has 0 heterocycles. The van der Waals surface area contributed by atoms with Crippen molar-refractivity contribution in [1.29, 1.82) is 0 Å². The van der Waals surface area contributed by atoms with Gasteiger partial charge >= 0.3 is 12.4 Å². The van der Waals surface area contributed by atoms with Crippen molar-refractivity contribution in [2.45, 2.75) is 69.7 Å². The molecule has 0 aliphatic heterocycles. The van der Waals surface area contributed by atoms with Crippen LogP contribution < -0.4 is 5.73 Å². The fourth-order valence-corrected chi connectivity index (χ4v) is 5.89. The Bertz CT molecular complexity index is 306. The van der Waals surface area contributed by atoms with Gasteiger partial charge in [0.2, 0.25) is 5.54 Å². The molecule has 0 saturated carbocycles. The van der Waals surface area contributed by atoms with Crippen molar-refractivity contribution < 1.29 is 26.3 Å². The molecule has 0 amide bonds. The van der Waals surface area contributed by atoms with Gasteiger partial charge in [0.05, 0.1) is 0 Å². The van der Waals surface area contributed by atoms with Gasteiger partial charge in [-0.25, -0.2) is 0 Å². The van der Waals surface area contributed by atoms with Gasteiger partial charge in [-0.3, -0.25) is 0 Å². The van der Waals surface area contributed by atoms with E-state index in [1.807, 2.05) is 0 Å². The summed E-state index contributed by atoms with van der Waals surface area (Å²) in [5.74, 6) is 0. The van der Waals surface area contributed by atoms with Crippen molar-refractivity contribution in [3.05, 3.63) is 0 Å². The molecule has 0 unspecified atom stereocenters. The first-order valence-electron chi connectivity index (χ1n) is 6.04. The monoisotopic (exact) mass is 325 g/mol. The van der Waals surface area contributed by atoms with E-state index in [2.05, 4.69) is 0 Å². The van der Waals surface area contributed by atoms with E-state index in [0.29, 0.717) is 0 Å². The highest BCUT2D eigenvalue weighted by atomic mass is 31.1. The molecular weight excluding hydrogens is 303 g/mol. The summed E-state index contributed by atoms with van der Waals surface area (Å²) in [4.78, 5) is 0. The molecule has 122 valence electrons. The maximum atomic E-state index is 12.9. The molecule has 0 rings (SSSR count). The Morgan fingerprint density at radius 3 is 1.10 bits per heavy atom. The van der Waals surface area contributed by atoms with Crippen LogP contribution >= 0.6 is 7.92 Å². The zero-order valence-electron chi connectivity index (χ0n) is 12.5. The molecule has 0 aliphatic carbocycles. The van der Waals surface area contributed by atoms with Gasteiger partial charge < -0.3 is 5.73 Å². The lowest BCUT2D eigenvalue weighted by Crippen LogP contribution is -2.66. The fraction of sp³-hybridized carbons (Fsp3) is 1.00. The molecule has 0 bridgehead atoms. The van der Waals surface area contributed by atoms with Crippen LogP contribution in [0.4, 0.5) is 26.3 Å². The fourth-order valence-electron chi connectivity index (χ4n) is 2.07. The number of nitrogens with two attached hydrogens (primary N) is 1. The van der Waals surface area contributed by atoms with Gasteiger partial charge in [-0.05, 0) is 10.3 Å². The highest BCUT2D eigenvalue weighted by molar-refractivity contribution is 7.60. The first-order chi connectivity index (χ1) is 8.34. The van der Waals surface area contributed by atoms with E-state index in [-0.39, 0.29) is 0 Å². The van der Waals surface area contributed by atoms with Crippen LogP contribution in [-0.2, 0) is 0 Å². The summed E-state index contributed by atoms with van der Waals surface area (Å²) in [5.41, 5.74) is 0.652. The highest BCUT2D eigenvalue weighted by Gasteiger charge is 2.69. The van der Waals surface area contributed by atoms with Crippen LogP contribution in [0.3, 0.4) is 0 Å². The Morgan fingerprint density at radius 2 is 0.950 bits per heavy atom. The Balaban J connectivity index is 5.80. The van der Waals surface area contributed by atoms with Gasteiger partial charge in [0.1, 0.15) is 0 Å². The number of hydrogen-bond donors (Lipinski definition) is 1. The van der Waals surface area contributed by atoms with E-state index < -0.39 is 42.3 Å². The molecule has 2 N–H and O–H groups in total. The Kier molecular flexibility index (Phi) is 5.30. The number of alkyl halides is 6. The van der Waals surface area contributed by atoms with Crippen LogP contribution in [0.25, 0.3) is 0 Å². The predicted molar refractivity (Wildman–Crippen MR) is 70.3 cm³/mol. The summed E-state index contributed by atoms with van der Waals surface area (Å²) in [6.45, 7) is 9.90. The van der Waals surface area contributed by atoms with Crippen LogP contribution in [0.2, 0.25) is 0 Å². The maximum Gasteiger partial charge on any atom is 0.415 e. The van der Waals surface area contributed by atoms with Crippen LogP contribution in [0.1, 0.15) is 41.5 Å². The average molecular weight is 325 g/mol. The van der Waals surface area contributed by atoms with Gasteiger partial charge in [0.25, 0.3) is 0 Å². The van der Waals surface area contributed by atoms with E-state index in [0.717, 1.165) is 0 Å². The van der Waals surface area contributed by atoms with Crippen LogP contribution in [0.15, 0.2) is 0 Å². The first kappa shape index (κ1) is 20.0. The summed E-state index contributed by atoms with van der Waals surface area (Å²) in [6.07, 6.45) is -12.2. The molecule has 0 aromatic heterocycles. The third kappa shape index (κ3) is 4.23. The van der Waals surface area contributed by atoms with E-state index in [9.17, 15) is 26.3 Å². The van der Waals surface area contributed by atoms with Crippen molar-refractivity contribution in [2.75, 3.05) is 6.16 Å². The molecular formula is C12H22F6NP. The second kappa shape index (κ2) is 5.31. The Hall–Kier alpha value is -0.0300. The van der Waals surface area contributed by atoms with Crippen molar-refractivity contribution in [3.8, 4) is 0 Å². The third-order valence-corrected chi connectivity index (χ3v) is 7.09. The van der Waals surface area contributed by atoms with Crippen molar-refractivity contribution >= 4 is 7.92 Å². The lowest BCUT2D eigenvalue weighted by atomic mass is 10.0. The molecule has 0 aromatic carbocycles. The molecule has 0 saturated heterocycles. The molecule has 0 radical (unpaired) electrons. The van der Waals surface area contributed by atoms with E-state index in [1.165, 1.54) is 0 Å². The lowest BCUT2D eigenvalue weighted by Gasteiger charge is -2.46. The van der Waals surface area contributed by atoms with Crippen molar-refractivity contribution in [3.63, 3.8) is 0 Å². The maximum absolute atomic E-state index is 12.9. The van der Waals surface area contributed by atoms with Gasteiger partial charge in [0, 0.05) is 6.16 Å². The molecule has 0 aliphatic rings. The minimum absolute atomic E-state index is 0.672. The van der Waals surface area contributed by atoms with Gasteiger partial charge in [-0.15, -0.1) is 0 Å². The second-order valence-corrected chi connectivity index (χ2v) is 10.8. The molecule has 0 fully saturated rings. The van der Waals surface area contributed by atoms with E-state index in [4.69, 9.17) is 5.73 Å². The zero-order valence-corrected chi connectivity index (χ0v) is 13.4. The summed E-state index contributed by atoms with van der Waals surface area (Å²) < 4.78 is 77.4. The second-order valence-electron chi connectivity index (χ2n) is 6.89. The predicted octanol–water partition coefficient (Wildman–Crippen LogP) is 4.89. The SMILES string of the molecule is CC(C)(C)P(CC(N)(C(F)(F)F)C(F)(F)F)C(C)(C)C. The summed E-state index contributed by atoms with van der Waals surface area (Å²) in [6, 6.07) is 0. The first-order valence-corrected chi connectivity index (χ1v) is 7.57. The topological polar surface area (TPSA) is 26.0 Å². The van der Waals surface area contributed by atoms with Gasteiger partial charge in [-0.1, -0.05) is 49.5 Å². The number of halogens is 6. The molecule has 1 nitrogen and oxygen atoms in total. The van der Waals surface area contributed by atoms with Crippen LogP contribution in [0.5, 0.6) is 0 Å². The van der Waals surface area contributed by atoms with E-state index >= 15 is 0 Å². The molecule has 0 aromatic rings. The molecule has 8 heteroatoms. The minimum Gasteiger partial charge on any atom is -0.310 e.